The molecule has 2 rings (SSSR count). The summed E-state index contributed by atoms with van der Waals surface area (Å²) in [5, 5.41) is 4.04. The van der Waals surface area contributed by atoms with E-state index in [0.29, 0.717) is 11.3 Å². The predicted octanol–water partition coefficient (Wildman–Crippen LogP) is 3.99. The van der Waals surface area contributed by atoms with E-state index in [1.807, 2.05) is 6.07 Å². The summed E-state index contributed by atoms with van der Waals surface area (Å²) >= 11 is 5.73. The highest BCUT2D eigenvalue weighted by molar-refractivity contribution is 6.28. The fourth-order valence-electron chi connectivity index (χ4n) is 2.54. The van der Waals surface area contributed by atoms with Gasteiger partial charge >= 0.3 is 0 Å². The van der Waals surface area contributed by atoms with Crippen LogP contribution in [0, 0.1) is 5.92 Å². The fourth-order valence-corrected chi connectivity index (χ4v) is 2.70. The lowest BCUT2D eigenvalue weighted by Gasteiger charge is -2.28. The van der Waals surface area contributed by atoms with Crippen molar-refractivity contribution in [1.29, 1.82) is 0 Å². The molecule has 0 aliphatic heterocycles. The highest BCUT2D eigenvalue weighted by Crippen LogP contribution is 2.26. The van der Waals surface area contributed by atoms with Crippen molar-refractivity contribution in [3.63, 3.8) is 0 Å². The van der Waals surface area contributed by atoms with Gasteiger partial charge in [0.25, 0.3) is 0 Å². The molecule has 16 heavy (non-hydrogen) atoms. The van der Waals surface area contributed by atoms with E-state index in [1.165, 1.54) is 32.1 Å². The van der Waals surface area contributed by atoms with Crippen molar-refractivity contribution < 1.29 is 4.42 Å². The van der Waals surface area contributed by atoms with Crippen molar-refractivity contribution >= 4 is 11.6 Å². The number of halogens is 1. The molecular formula is C13H20ClNO. The van der Waals surface area contributed by atoms with E-state index in [1.54, 1.807) is 6.07 Å². The molecule has 0 radical (unpaired) electrons. The van der Waals surface area contributed by atoms with E-state index in [-0.39, 0.29) is 0 Å². The van der Waals surface area contributed by atoms with E-state index >= 15 is 0 Å². The second-order valence-corrected chi connectivity index (χ2v) is 5.10. The Balaban J connectivity index is 1.77. The Morgan fingerprint density at radius 3 is 3.00 bits per heavy atom. The van der Waals surface area contributed by atoms with Crippen LogP contribution in [0.1, 0.15) is 44.8 Å². The molecule has 0 saturated heterocycles. The van der Waals surface area contributed by atoms with Crippen LogP contribution in [0.4, 0.5) is 0 Å². The molecule has 2 unspecified atom stereocenters. The number of rotatable bonds is 4. The summed E-state index contributed by atoms with van der Waals surface area (Å²) in [5.41, 5.74) is 0. The summed E-state index contributed by atoms with van der Waals surface area (Å²) in [5.74, 6) is 1.84. The van der Waals surface area contributed by atoms with Crippen LogP contribution < -0.4 is 5.32 Å². The van der Waals surface area contributed by atoms with Crippen LogP contribution in [0.2, 0.25) is 5.22 Å². The first-order valence-electron chi connectivity index (χ1n) is 6.25. The molecule has 1 aliphatic rings. The minimum absolute atomic E-state index is 0.479. The average Bonchev–Trinajstić information content (AvgIpc) is 2.73. The van der Waals surface area contributed by atoms with Gasteiger partial charge in [-0.05, 0) is 42.5 Å². The van der Waals surface area contributed by atoms with Crippen molar-refractivity contribution in [3.05, 3.63) is 23.1 Å². The molecule has 1 aromatic heterocycles. The van der Waals surface area contributed by atoms with E-state index in [9.17, 15) is 0 Å². The summed E-state index contributed by atoms with van der Waals surface area (Å²) < 4.78 is 5.33. The normalized spacial score (nSPS) is 25.9. The molecule has 1 N–H and O–H groups in total. The van der Waals surface area contributed by atoms with Crippen molar-refractivity contribution in [3.8, 4) is 0 Å². The maximum atomic E-state index is 5.73. The molecule has 1 aliphatic carbocycles. The Kier molecular flexibility index (Phi) is 4.30. The molecule has 1 fully saturated rings. The van der Waals surface area contributed by atoms with E-state index in [2.05, 4.69) is 12.2 Å². The van der Waals surface area contributed by atoms with Gasteiger partial charge in [-0.3, -0.25) is 0 Å². The van der Waals surface area contributed by atoms with Crippen molar-refractivity contribution in [2.24, 2.45) is 5.92 Å². The number of nitrogens with one attached hydrogen (secondary N) is 1. The van der Waals surface area contributed by atoms with Crippen LogP contribution in [0.25, 0.3) is 0 Å². The smallest absolute Gasteiger partial charge is 0.193 e. The van der Waals surface area contributed by atoms with Crippen LogP contribution in [0.3, 0.4) is 0 Å². The topological polar surface area (TPSA) is 25.2 Å². The van der Waals surface area contributed by atoms with Crippen LogP contribution in [0.5, 0.6) is 0 Å². The third kappa shape index (κ3) is 3.26. The Labute approximate surface area is 102 Å². The summed E-state index contributed by atoms with van der Waals surface area (Å²) in [4.78, 5) is 0. The van der Waals surface area contributed by atoms with Gasteiger partial charge in [-0.15, -0.1) is 0 Å². The lowest BCUT2D eigenvalue weighted by Crippen LogP contribution is -2.33. The molecule has 0 aromatic carbocycles. The first-order chi connectivity index (χ1) is 7.78. The zero-order chi connectivity index (χ0) is 11.4. The highest BCUT2D eigenvalue weighted by atomic mass is 35.5. The molecule has 3 heteroatoms. The van der Waals surface area contributed by atoms with Crippen LogP contribution in [-0.2, 0) is 6.54 Å². The summed E-state index contributed by atoms with van der Waals surface area (Å²) in [6.45, 7) is 3.09. The van der Waals surface area contributed by atoms with Gasteiger partial charge in [-0.25, -0.2) is 0 Å². The molecule has 0 spiro atoms. The Hall–Kier alpha value is -0.470. The largest absolute Gasteiger partial charge is 0.448 e. The average molecular weight is 242 g/mol. The molecule has 1 heterocycles. The molecule has 1 saturated carbocycles. The fraction of sp³-hybridized carbons (Fsp3) is 0.692. The summed E-state index contributed by atoms with van der Waals surface area (Å²) in [7, 11) is 0. The van der Waals surface area contributed by atoms with Crippen molar-refractivity contribution in [2.75, 3.05) is 0 Å². The van der Waals surface area contributed by atoms with Crippen LogP contribution >= 0.6 is 11.6 Å². The molecule has 0 amide bonds. The molecule has 0 bridgehead atoms. The Morgan fingerprint density at radius 1 is 1.44 bits per heavy atom. The maximum Gasteiger partial charge on any atom is 0.193 e. The Bertz CT molecular complexity index is 323. The molecular weight excluding hydrogens is 222 g/mol. The first-order valence-corrected chi connectivity index (χ1v) is 6.63. The van der Waals surface area contributed by atoms with Crippen LogP contribution in [-0.4, -0.2) is 6.04 Å². The maximum absolute atomic E-state index is 5.73. The lowest BCUT2D eigenvalue weighted by molar-refractivity contribution is 0.273. The minimum Gasteiger partial charge on any atom is -0.448 e. The van der Waals surface area contributed by atoms with E-state index in [0.717, 1.165) is 18.2 Å². The lowest BCUT2D eigenvalue weighted by atomic mass is 9.84. The van der Waals surface area contributed by atoms with Gasteiger partial charge in [-0.1, -0.05) is 26.2 Å². The number of furan rings is 1. The minimum atomic E-state index is 0.479. The van der Waals surface area contributed by atoms with Gasteiger partial charge in [0.15, 0.2) is 5.22 Å². The zero-order valence-corrected chi connectivity index (χ0v) is 10.6. The number of hydrogen-bond acceptors (Lipinski definition) is 2. The van der Waals surface area contributed by atoms with Gasteiger partial charge < -0.3 is 9.73 Å². The van der Waals surface area contributed by atoms with Gasteiger partial charge in [-0.2, -0.15) is 0 Å². The van der Waals surface area contributed by atoms with Gasteiger partial charge in [0.05, 0.1) is 6.54 Å². The molecule has 1 aromatic rings. The van der Waals surface area contributed by atoms with E-state index < -0.39 is 0 Å². The van der Waals surface area contributed by atoms with Gasteiger partial charge in [0.1, 0.15) is 5.76 Å². The van der Waals surface area contributed by atoms with E-state index in [4.69, 9.17) is 16.0 Å². The quantitative estimate of drug-likeness (QED) is 0.862. The van der Waals surface area contributed by atoms with Crippen molar-refractivity contribution in [1.82, 2.24) is 5.32 Å². The van der Waals surface area contributed by atoms with Crippen molar-refractivity contribution in [2.45, 2.75) is 51.6 Å². The summed E-state index contributed by atoms with van der Waals surface area (Å²) in [6.07, 6.45) is 6.68. The second-order valence-electron chi connectivity index (χ2n) is 4.72. The monoisotopic (exact) mass is 241 g/mol. The SMILES string of the molecule is CCC1CCCC(NCc2ccc(Cl)o2)C1. The predicted molar refractivity (Wildman–Crippen MR) is 66.6 cm³/mol. The number of hydrogen-bond donors (Lipinski definition) is 1. The first kappa shape index (κ1) is 12.0. The van der Waals surface area contributed by atoms with Gasteiger partial charge in [0, 0.05) is 6.04 Å². The molecule has 90 valence electrons. The highest BCUT2D eigenvalue weighted by Gasteiger charge is 2.20. The second kappa shape index (κ2) is 5.74. The third-order valence-electron chi connectivity index (χ3n) is 3.55. The Morgan fingerprint density at radius 2 is 2.31 bits per heavy atom. The molecule has 2 nitrogen and oxygen atoms in total. The molecule has 2 atom stereocenters. The third-order valence-corrected chi connectivity index (χ3v) is 3.76. The van der Waals surface area contributed by atoms with Gasteiger partial charge in [0.2, 0.25) is 0 Å². The zero-order valence-electron chi connectivity index (χ0n) is 9.84. The summed E-state index contributed by atoms with van der Waals surface area (Å²) in [6, 6.07) is 4.39. The standard InChI is InChI=1S/C13H20ClNO/c1-2-10-4-3-5-11(8-10)15-9-12-6-7-13(14)16-12/h6-7,10-11,15H,2-5,8-9H2,1H3. The van der Waals surface area contributed by atoms with Crippen LogP contribution in [0.15, 0.2) is 16.5 Å².